The smallest absolute Gasteiger partial charge is 0.192 e. The summed E-state index contributed by atoms with van der Waals surface area (Å²) in [7, 11) is -1.70. The van der Waals surface area contributed by atoms with Gasteiger partial charge in [0.25, 0.3) is 0 Å². The van der Waals surface area contributed by atoms with E-state index >= 15 is 0 Å². The molecule has 138 valence electrons. The number of fused-ring (bicyclic) bond motifs is 3. The van der Waals surface area contributed by atoms with Gasteiger partial charge in [-0.1, -0.05) is 65.4 Å². The average molecular weight is 351 g/mol. The van der Waals surface area contributed by atoms with Crippen LogP contribution in [0.25, 0.3) is 0 Å². The molecule has 0 aromatic heterocycles. The molecular formula is C21H38O2Si. The van der Waals surface area contributed by atoms with Crippen molar-refractivity contribution in [1.82, 2.24) is 0 Å². The summed E-state index contributed by atoms with van der Waals surface area (Å²) in [5.74, 6) is 0.625. The minimum absolute atomic E-state index is 0.291. The maximum Gasteiger partial charge on any atom is 0.192 e. The third-order valence-electron chi connectivity index (χ3n) is 6.82. The molecule has 2 unspecified atom stereocenters. The molecule has 0 N–H and O–H groups in total. The molecule has 2 aliphatic carbocycles. The van der Waals surface area contributed by atoms with Crippen molar-refractivity contribution in [3.05, 3.63) is 11.6 Å². The highest BCUT2D eigenvalue weighted by Gasteiger charge is 2.47. The van der Waals surface area contributed by atoms with Crippen LogP contribution in [0.15, 0.2) is 11.6 Å². The van der Waals surface area contributed by atoms with E-state index in [4.69, 9.17) is 9.16 Å². The van der Waals surface area contributed by atoms with E-state index in [0.29, 0.717) is 29.3 Å². The maximum absolute atomic E-state index is 6.86. The van der Waals surface area contributed by atoms with Crippen LogP contribution < -0.4 is 0 Å². The van der Waals surface area contributed by atoms with Gasteiger partial charge >= 0.3 is 0 Å². The van der Waals surface area contributed by atoms with Crippen LogP contribution in [0.4, 0.5) is 0 Å². The van der Waals surface area contributed by atoms with Crippen molar-refractivity contribution in [3.63, 3.8) is 0 Å². The quantitative estimate of drug-likeness (QED) is 0.335. The minimum atomic E-state index is -1.70. The minimum Gasteiger partial charge on any atom is -0.413 e. The number of ether oxygens (including phenoxy) is 1. The largest absolute Gasteiger partial charge is 0.413 e. The van der Waals surface area contributed by atoms with Crippen LogP contribution in [0.3, 0.4) is 0 Å². The van der Waals surface area contributed by atoms with Crippen molar-refractivity contribution < 1.29 is 9.16 Å². The zero-order chi connectivity index (χ0) is 17.4. The molecule has 2 nitrogen and oxygen atoms in total. The van der Waals surface area contributed by atoms with Crippen LogP contribution in [-0.2, 0) is 9.16 Å². The molecule has 0 radical (unpaired) electrons. The molecule has 1 aliphatic heterocycles. The molecule has 0 aromatic carbocycles. The summed E-state index contributed by atoms with van der Waals surface area (Å²) >= 11 is 0. The predicted octanol–water partition coefficient (Wildman–Crippen LogP) is 6.22. The first kappa shape index (κ1) is 18.7. The second kappa shape index (κ2) is 7.24. The Balaban J connectivity index is 1.67. The molecule has 0 aromatic rings. The van der Waals surface area contributed by atoms with Gasteiger partial charge in [0.15, 0.2) is 8.32 Å². The molecule has 0 amide bonds. The highest BCUT2D eigenvalue weighted by Crippen LogP contribution is 2.45. The first-order valence-electron chi connectivity index (χ1n) is 10.3. The molecule has 3 rings (SSSR count). The summed E-state index contributed by atoms with van der Waals surface area (Å²) in [4.78, 5) is 0. The predicted molar refractivity (Wildman–Crippen MR) is 104 cm³/mol. The Morgan fingerprint density at radius 2 is 1.62 bits per heavy atom. The SMILES string of the molecule is CC(C)(C)[Si](C)(C)O[C@H]1CC2=C[C@H]1CCCCCCCCC1OC21. The van der Waals surface area contributed by atoms with Gasteiger partial charge in [-0.05, 0) is 43.0 Å². The highest BCUT2D eigenvalue weighted by atomic mass is 28.4. The lowest BCUT2D eigenvalue weighted by Crippen LogP contribution is -2.45. The van der Waals surface area contributed by atoms with E-state index in [2.05, 4.69) is 39.9 Å². The summed E-state index contributed by atoms with van der Waals surface area (Å²) in [6, 6.07) is 0. The van der Waals surface area contributed by atoms with Gasteiger partial charge in [-0.3, -0.25) is 0 Å². The second-order valence-corrected chi connectivity index (χ2v) is 14.6. The van der Waals surface area contributed by atoms with Gasteiger partial charge in [0.1, 0.15) is 6.10 Å². The van der Waals surface area contributed by atoms with Gasteiger partial charge in [0.2, 0.25) is 0 Å². The van der Waals surface area contributed by atoms with Crippen molar-refractivity contribution in [2.45, 2.75) is 115 Å². The summed E-state index contributed by atoms with van der Waals surface area (Å²) in [6.07, 6.45) is 15.9. The number of rotatable bonds is 2. The second-order valence-electron chi connectivity index (χ2n) is 9.82. The number of epoxide rings is 1. The Hall–Kier alpha value is -0.123. The number of hydrogen-bond donors (Lipinski definition) is 0. The van der Waals surface area contributed by atoms with Crippen molar-refractivity contribution in [2.24, 2.45) is 5.92 Å². The van der Waals surface area contributed by atoms with Crippen molar-refractivity contribution in [3.8, 4) is 0 Å². The Morgan fingerprint density at radius 1 is 1.00 bits per heavy atom. The normalized spacial score (nSPS) is 35.3. The van der Waals surface area contributed by atoms with Crippen LogP contribution >= 0.6 is 0 Å². The van der Waals surface area contributed by atoms with Crippen LogP contribution in [0.5, 0.6) is 0 Å². The van der Waals surface area contributed by atoms with Crippen LogP contribution in [-0.4, -0.2) is 26.6 Å². The van der Waals surface area contributed by atoms with Crippen LogP contribution in [0.1, 0.15) is 78.6 Å². The van der Waals surface area contributed by atoms with E-state index in [9.17, 15) is 0 Å². The lowest BCUT2D eigenvalue weighted by molar-refractivity contribution is 0.143. The highest BCUT2D eigenvalue weighted by molar-refractivity contribution is 6.74. The van der Waals surface area contributed by atoms with Gasteiger partial charge in [-0.2, -0.15) is 0 Å². The fourth-order valence-corrected chi connectivity index (χ4v) is 5.49. The molecule has 3 aliphatic rings. The molecule has 1 saturated heterocycles. The number of hydrogen-bond acceptors (Lipinski definition) is 2. The lowest BCUT2D eigenvalue weighted by Gasteiger charge is -2.40. The van der Waals surface area contributed by atoms with E-state index in [-0.39, 0.29) is 0 Å². The fourth-order valence-electron chi connectivity index (χ4n) is 4.12. The third-order valence-corrected chi connectivity index (χ3v) is 11.3. The van der Waals surface area contributed by atoms with Gasteiger partial charge in [-0.25, -0.2) is 0 Å². The molecule has 1 heterocycles. The summed E-state index contributed by atoms with van der Waals surface area (Å²) < 4.78 is 12.9. The molecule has 2 bridgehead atoms. The first-order valence-corrected chi connectivity index (χ1v) is 13.2. The van der Waals surface area contributed by atoms with E-state index < -0.39 is 8.32 Å². The van der Waals surface area contributed by atoms with E-state index in [0.717, 1.165) is 6.42 Å². The van der Waals surface area contributed by atoms with Crippen LogP contribution in [0.2, 0.25) is 18.1 Å². The third kappa shape index (κ3) is 4.34. The van der Waals surface area contributed by atoms with Gasteiger partial charge in [0, 0.05) is 5.92 Å². The average Bonchev–Trinajstić information content (AvgIpc) is 3.14. The Bertz CT molecular complexity index is 463. The molecule has 24 heavy (non-hydrogen) atoms. The zero-order valence-corrected chi connectivity index (χ0v) is 17.6. The molecule has 3 heteroatoms. The topological polar surface area (TPSA) is 21.8 Å². The first-order chi connectivity index (χ1) is 11.3. The summed E-state index contributed by atoms with van der Waals surface area (Å²) in [5, 5.41) is 0.291. The maximum atomic E-state index is 6.86. The fraction of sp³-hybridized carbons (Fsp3) is 0.905. The molecular weight excluding hydrogens is 312 g/mol. The van der Waals surface area contributed by atoms with E-state index in [1.54, 1.807) is 5.57 Å². The van der Waals surface area contributed by atoms with Crippen molar-refractivity contribution in [1.29, 1.82) is 0 Å². The Labute approximate surface area is 150 Å². The molecule has 0 spiro atoms. The van der Waals surface area contributed by atoms with E-state index in [1.807, 2.05) is 0 Å². The van der Waals surface area contributed by atoms with Crippen molar-refractivity contribution in [2.75, 3.05) is 0 Å². The Morgan fingerprint density at radius 3 is 2.29 bits per heavy atom. The lowest BCUT2D eigenvalue weighted by atomic mass is 9.97. The zero-order valence-electron chi connectivity index (χ0n) is 16.6. The van der Waals surface area contributed by atoms with E-state index in [1.165, 1.54) is 51.4 Å². The van der Waals surface area contributed by atoms with Gasteiger partial charge in [-0.15, -0.1) is 0 Å². The molecule has 1 fully saturated rings. The molecule has 0 saturated carbocycles. The summed E-state index contributed by atoms with van der Waals surface area (Å²) in [6.45, 7) is 11.9. The monoisotopic (exact) mass is 350 g/mol. The van der Waals surface area contributed by atoms with Crippen LogP contribution in [0, 0.1) is 5.92 Å². The summed E-state index contributed by atoms with van der Waals surface area (Å²) in [5.41, 5.74) is 1.56. The van der Waals surface area contributed by atoms with Crippen molar-refractivity contribution >= 4 is 8.32 Å². The van der Waals surface area contributed by atoms with Gasteiger partial charge < -0.3 is 9.16 Å². The van der Waals surface area contributed by atoms with Gasteiger partial charge in [0.05, 0.1) is 12.2 Å². The molecule has 4 atom stereocenters. The standard InChI is InChI=1S/C21H38O2Si/c1-21(2,3)24(4,5)23-19-15-17-14-16(19)12-10-8-6-7-9-11-13-18-20(17)22-18/h14,16,18-20H,6-13,15H2,1-5H3/t16-,18?,19+,20?/m1/s1. The Kier molecular flexibility index (Phi) is 5.63.